The molecule has 3 unspecified atom stereocenters. The van der Waals surface area contributed by atoms with Gasteiger partial charge in [-0.05, 0) is 37.3 Å². The minimum atomic E-state index is -0.633. The molecule has 4 N–H and O–H groups in total. The van der Waals surface area contributed by atoms with Crippen LogP contribution in [-0.4, -0.2) is 64.5 Å². The molecule has 0 aromatic rings. The molecule has 0 aromatic carbocycles. The van der Waals surface area contributed by atoms with E-state index in [0.717, 1.165) is 12.2 Å². The third-order valence-electron chi connectivity index (χ3n) is 4.88. The SMILES string of the molecule is CNC(CC(=O)NC1CCS[C@H]2CC(C)(C)C(C(N)=O)N2C1=O)SC. The average molecular weight is 389 g/mol. The molecule has 0 aliphatic carbocycles. The molecule has 0 radical (unpaired) electrons. The molecule has 2 aliphatic heterocycles. The normalized spacial score (nSPS) is 29.7. The summed E-state index contributed by atoms with van der Waals surface area (Å²) < 4.78 is 0. The van der Waals surface area contributed by atoms with Crippen LogP contribution in [0.2, 0.25) is 0 Å². The molecule has 7 nitrogen and oxygen atoms in total. The van der Waals surface area contributed by atoms with E-state index in [1.54, 1.807) is 35.5 Å². The van der Waals surface area contributed by atoms with Crippen LogP contribution in [0, 0.1) is 5.41 Å². The molecule has 2 fully saturated rings. The summed E-state index contributed by atoms with van der Waals surface area (Å²) in [7, 11) is 1.80. The van der Waals surface area contributed by atoms with Crippen molar-refractivity contribution in [3.8, 4) is 0 Å². The van der Waals surface area contributed by atoms with Crippen molar-refractivity contribution in [1.29, 1.82) is 0 Å². The average Bonchev–Trinajstić information content (AvgIpc) is 2.73. The van der Waals surface area contributed by atoms with Crippen LogP contribution in [0.3, 0.4) is 0 Å². The maximum absolute atomic E-state index is 13.1. The number of rotatable bonds is 6. The fourth-order valence-corrected chi connectivity index (χ4v) is 5.75. The van der Waals surface area contributed by atoms with Crippen LogP contribution in [0.4, 0.5) is 0 Å². The van der Waals surface area contributed by atoms with Crippen molar-refractivity contribution in [2.45, 2.75) is 55.9 Å². The number of nitrogens with two attached hydrogens (primary N) is 1. The molecule has 142 valence electrons. The fraction of sp³-hybridized carbons (Fsp3) is 0.812. The maximum atomic E-state index is 13.1. The predicted octanol–water partition coefficient (Wildman–Crippen LogP) is 0.345. The van der Waals surface area contributed by atoms with Gasteiger partial charge in [0.05, 0.1) is 17.2 Å². The highest BCUT2D eigenvalue weighted by molar-refractivity contribution is 7.99. The van der Waals surface area contributed by atoms with Gasteiger partial charge in [-0.25, -0.2) is 0 Å². The van der Waals surface area contributed by atoms with Gasteiger partial charge in [-0.1, -0.05) is 13.8 Å². The first-order valence-electron chi connectivity index (χ1n) is 8.43. The molecule has 3 amide bonds. The van der Waals surface area contributed by atoms with Gasteiger partial charge >= 0.3 is 0 Å². The van der Waals surface area contributed by atoms with Crippen LogP contribution < -0.4 is 16.4 Å². The molecule has 0 spiro atoms. The minimum Gasteiger partial charge on any atom is -0.368 e. The molecule has 4 atom stereocenters. The highest BCUT2D eigenvalue weighted by Crippen LogP contribution is 2.45. The summed E-state index contributed by atoms with van der Waals surface area (Å²) >= 11 is 3.22. The Morgan fingerprint density at radius 2 is 2.16 bits per heavy atom. The Labute approximate surface area is 157 Å². The molecule has 0 bridgehead atoms. The number of thioether (sulfide) groups is 2. The molecule has 0 saturated carbocycles. The molecule has 2 saturated heterocycles. The molecular formula is C16H28N4O3S2. The topological polar surface area (TPSA) is 105 Å². The Hall–Kier alpha value is -0.930. The number of carbonyl (C=O) groups is 3. The summed E-state index contributed by atoms with van der Waals surface area (Å²) in [5, 5.41) is 5.86. The van der Waals surface area contributed by atoms with Gasteiger partial charge in [-0.3, -0.25) is 14.4 Å². The second kappa shape index (κ2) is 8.18. The quantitative estimate of drug-likeness (QED) is 0.567. The van der Waals surface area contributed by atoms with Crippen molar-refractivity contribution >= 4 is 41.2 Å². The van der Waals surface area contributed by atoms with Gasteiger partial charge in [-0.15, -0.1) is 23.5 Å². The van der Waals surface area contributed by atoms with Gasteiger partial charge in [0.1, 0.15) is 12.1 Å². The first-order valence-corrected chi connectivity index (χ1v) is 10.8. The van der Waals surface area contributed by atoms with E-state index >= 15 is 0 Å². The molecule has 0 aromatic heterocycles. The minimum absolute atomic E-state index is 0.00657. The van der Waals surface area contributed by atoms with Crippen LogP contribution in [0.1, 0.15) is 33.1 Å². The lowest BCUT2D eigenvalue weighted by Crippen LogP contribution is -2.56. The van der Waals surface area contributed by atoms with E-state index in [9.17, 15) is 14.4 Å². The first kappa shape index (κ1) is 20.4. The van der Waals surface area contributed by atoms with Gasteiger partial charge in [-0.2, -0.15) is 0 Å². The molecule has 2 aliphatic rings. The highest BCUT2D eigenvalue weighted by Gasteiger charge is 2.53. The number of fused-ring (bicyclic) bond motifs is 1. The Morgan fingerprint density at radius 3 is 2.72 bits per heavy atom. The standard InChI is InChI=1S/C16H28N4O3S2/c1-16(2)8-12-20(13(16)14(17)22)15(23)9(5-6-25-12)19-10(21)7-11(18-3)24-4/h9,11-13,18H,5-8H2,1-4H3,(H2,17,22)(H,19,21)/t9?,11?,12-,13?/m0/s1. The van der Waals surface area contributed by atoms with Crippen LogP contribution >= 0.6 is 23.5 Å². The Kier molecular flexibility index (Phi) is 6.67. The number of primary amides is 1. The molecule has 9 heteroatoms. The summed E-state index contributed by atoms with van der Waals surface area (Å²) in [5.41, 5.74) is 5.24. The zero-order valence-electron chi connectivity index (χ0n) is 15.2. The van der Waals surface area contributed by atoms with E-state index < -0.39 is 18.0 Å². The van der Waals surface area contributed by atoms with Crippen LogP contribution in [0.5, 0.6) is 0 Å². The summed E-state index contributed by atoms with van der Waals surface area (Å²) in [6.07, 6.45) is 3.52. The first-order chi connectivity index (χ1) is 11.7. The van der Waals surface area contributed by atoms with Gasteiger partial charge in [0.25, 0.3) is 0 Å². The van der Waals surface area contributed by atoms with E-state index in [2.05, 4.69) is 10.6 Å². The lowest BCUT2D eigenvalue weighted by atomic mass is 9.84. The molecule has 25 heavy (non-hydrogen) atoms. The van der Waals surface area contributed by atoms with Crippen molar-refractivity contribution in [3.63, 3.8) is 0 Å². The third-order valence-corrected chi connectivity index (χ3v) is 7.10. The van der Waals surface area contributed by atoms with E-state index in [4.69, 9.17) is 5.73 Å². The number of hydrogen-bond donors (Lipinski definition) is 3. The highest BCUT2D eigenvalue weighted by atomic mass is 32.2. The smallest absolute Gasteiger partial charge is 0.246 e. The second-order valence-electron chi connectivity index (χ2n) is 7.19. The zero-order chi connectivity index (χ0) is 18.8. The van der Waals surface area contributed by atoms with Gasteiger partial charge in [0.2, 0.25) is 17.7 Å². The zero-order valence-corrected chi connectivity index (χ0v) is 16.8. The van der Waals surface area contributed by atoms with E-state index in [0.29, 0.717) is 12.8 Å². The lowest BCUT2D eigenvalue weighted by Gasteiger charge is -2.32. The van der Waals surface area contributed by atoms with Gasteiger partial charge in [0.15, 0.2) is 0 Å². The fourth-order valence-electron chi connectivity index (χ4n) is 3.62. The summed E-state index contributed by atoms with van der Waals surface area (Å²) in [4.78, 5) is 39.0. The van der Waals surface area contributed by atoms with E-state index in [1.807, 2.05) is 20.1 Å². The van der Waals surface area contributed by atoms with Crippen molar-refractivity contribution in [3.05, 3.63) is 0 Å². The molecular weight excluding hydrogens is 360 g/mol. The largest absolute Gasteiger partial charge is 0.368 e. The molecule has 2 heterocycles. The summed E-state index contributed by atoms with van der Waals surface area (Å²) in [6, 6.07) is -1.23. The second-order valence-corrected chi connectivity index (χ2v) is 9.52. The third kappa shape index (κ3) is 4.43. The lowest BCUT2D eigenvalue weighted by molar-refractivity contribution is -0.142. The number of carbonyl (C=O) groups excluding carboxylic acids is 3. The van der Waals surface area contributed by atoms with E-state index in [-0.39, 0.29) is 28.0 Å². The van der Waals surface area contributed by atoms with Crippen LogP contribution in [-0.2, 0) is 14.4 Å². The number of nitrogens with one attached hydrogen (secondary N) is 2. The Balaban J connectivity index is 2.13. The predicted molar refractivity (Wildman–Crippen MR) is 102 cm³/mol. The van der Waals surface area contributed by atoms with Gasteiger partial charge in [0, 0.05) is 0 Å². The Bertz CT molecular complexity index is 539. The number of hydrogen-bond acceptors (Lipinski definition) is 6. The van der Waals surface area contributed by atoms with Crippen LogP contribution in [0.25, 0.3) is 0 Å². The summed E-state index contributed by atoms with van der Waals surface area (Å²) in [5.74, 6) is -0.0734. The number of amides is 3. The van der Waals surface area contributed by atoms with Crippen molar-refractivity contribution in [2.24, 2.45) is 11.1 Å². The van der Waals surface area contributed by atoms with Crippen molar-refractivity contribution in [1.82, 2.24) is 15.5 Å². The summed E-state index contributed by atoms with van der Waals surface area (Å²) in [6.45, 7) is 3.93. The van der Waals surface area contributed by atoms with Crippen molar-refractivity contribution in [2.75, 3.05) is 19.1 Å². The number of nitrogens with zero attached hydrogens (tertiary/aromatic N) is 1. The maximum Gasteiger partial charge on any atom is 0.246 e. The van der Waals surface area contributed by atoms with Crippen LogP contribution in [0.15, 0.2) is 0 Å². The Morgan fingerprint density at radius 1 is 1.48 bits per heavy atom. The van der Waals surface area contributed by atoms with Gasteiger partial charge < -0.3 is 21.3 Å². The molecule has 2 rings (SSSR count). The van der Waals surface area contributed by atoms with E-state index in [1.165, 1.54) is 0 Å². The van der Waals surface area contributed by atoms with Crippen molar-refractivity contribution < 1.29 is 14.4 Å². The monoisotopic (exact) mass is 388 g/mol.